The number of fused-ring (bicyclic) bond motifs is 1. The summed E-state index contributed by atoms with van der Waals surface area (Å²) in [7, 11) is 0. The number of aromatic nitrogens is 2. The molecule has 0 aliphatic carbocycles. The molecular weight excluding hydrogens is 280 g/mol. The topological polar surface area (TPSA) is 38.0 Å². The van der Waals surface area contributed by atoms with Crippen LogP contribution in [0.4, 0.5) is 0 Å². The van der Waals surface area contributed by atoms with E-state index in [1.165, 1.54) is 10.9 Å². The number of aryl methyl sites for hydroxylation is 1. The minimum atomic E-state index is -0.637. The van der Waals surface area contributed by atoms with E-state index in [-0.39, 0.29) is 5.41 Å². The van der Waals surface area contributed by atoms with E-state index in [9.17, 15) is 5.11 Å². The van der Waals surface area contributed by atoms with Gasteiger partial charge in [0.2, 0.25) is 0 Å². The lowest BCUT2D eigenvalue weighted by Crippen LogP contribution is -2.44. The monoisotopic (exact) mass is 304 g/mol. The summed E-state index contributed by atoms with van der Waals surface area (Å²) >= 11 is 1.86. The first-order valence-electron chi connectivity index (χ1n) is 7.67. The first-order chi connectivity index (χ1) is 9.92. The van der Waals surface area contributed by atoms with Gasteiger partial charge in [0.05, 0.1) is 16.8 Å². The van der Waals surface area contributed by atoms with Gasteiger partial charge in [0.1, 0.15) is 0 Å². The van der Waals surface area contributed by atoms with Crippen LogP contribution in [0.2, 0.25) is 0 Å². The number of hydrogen-bond acceptors (Lipinski definition) is 3. The Morgan fingerprint density at radius 3 is 2.76 bits per heavy atom. The van der Waals surface area contributed by atoms with E-state index in [1.54, 1.807) is 0 Å². The minimum absolute atomic E-state index is 0.195. The lowest BCUT2D eigenvalue weighted by Gasteiger charge is -2.40. The Labute approximate surface area is 130 Å². The van der Waals surface area contributed by atoms with Crippen LogP contribution in [0.5, 0.6) is 0 Å². The van der Waals surface area contributed by atoms with Crippen LogP contribution in [0.1, 0.15) is 32.9 Å². The highest BCUT2D eigenvalue weighted by atomic mass is 32.2. The van der Waals surface area contributed by atoms with Crippen molar-refractivity contribution in [1.82, 2.24) is 9.78 Å². The van der Waals surface area contributed by atoms with E-state index in [2.05, 4.69) is 39.0 Å². The van der Waals surface area contributed by atoms with Crippen molar-refractivity contribution < 1.29 is 5.11 Å². The van der Waals surface area contributed by atoms with Crippen LogP contribution in [-0.2, 0) is 13.0 Å². The molecule has 3 nitrogen and oxygen atoms in total. The van der Waals surface area contributed by atoms with Crippen LogP contribution in [0.25, 0.3) is 10.9 Å². The van der Waals surface area contributed by atoms with Gasteiger partial charge in [-0.05, 0) is 30.6 Å². The summed E-state index contributed by atoms with van der Waals surface area (Å²) in [5.74, 6) is 1.93. The highest BCUT2D eigenvalue weighted by molar-refractivity contribution is 7.99. The largest absolute Gasteiger partial charge is 0.389 e. The molecule has 1 aromatic heterocycles. The van der Waals surface area contributed by atoms with Crippen LogP contribution in [-0.4, -0.2) is 32.0 Å². The number of thioether (sulfide) groups is 1. The second-order valence-corrected chi connectivity index (χ2v) is 8.00. The molecule has 4 heteroatoms. The Kier molecular flexibility index (Phi) is 3.78. The van der Waals surface area contributed by atoms with Gasteiger partial charge in [-0.15, -0.1) is 0 Å². The summed E-state index contributed by atoms with van der Waals surface area (Å²) in [5, 5.41) is 17.0. The molecule has 1 fully saturated rings. The molecule has 1 atom stereocenters. The maximum atomic E-state index is 11.0. The lowest BCUT2D eigenvalue weighted by molar-refractivity contribution is 0.0193. The van der Waals surface area contributed by atoms with E-state index in [0.29, 0.717) is 6.42 Å². The standard InChI is InChI=1S/C17H24N2OS/c1-4-19-15-8-6-5-7-13(15)14(18-19)9-17(20)10-16(2,3)11-21-12-17/h5-8,20H,4,9-12H2,1-3H3. The van der Waals surface area contributed by atoms with Crippen molar-refractivity contribution in [2.24, 2.45) is 5.41 Å². The van der Waals surface area contributed by atoms with Crippen LogP contribution in [0.15, 0.2) is 24.3 Å². The van der Waals surface area contributed by atoms with Gasteiger partial charge >= 0.3 is 0 Å². The molecule has 21 heavy (non-hydrogen) atoms. The highest BCUT2D eigenvalue weighted by Crippen LogP contribution is 2.41. The third-order valence-electron chi connectivity index (χ3n) is 4.20. The zero-order chi connectivity index (χ0) is 15.1. The zero-order valence-corrected chi connectivity index (χ0v) is 13.9. The highest BCUT2D eigenvalue weighted by Gasteiger charge is 2.39. The molecule has 0 amide bonds. The van der Waals surface area contributed by atoms with E-state index in [0.717, 1.165) is 30.2 Å². The number of benzene rings is 1. The van der Waals surface area contributed by atoms with Gasteiger partial charge < -0.3 is 5.11 Å². The quantitative estimate of drug-likeness (QED) is 0.943. The fourth-order valence-corrected chi connectivity index (χ4v) is 4.84. The van der Waals surface area contributed by atoms with Gasteiger partial charge in [-0.25, -0.2) is 0 Å². The number of para-hydroxylation sites is 1. The van der Waals surface area contributed by atoms with Crippen LogP contribution >= 0.6 is 11.8 Å². The molecule has 1 aliphatic rings. The van der Waals surface area contributed by atoms with Crippen LogP contribution in [0.3, 0.4) is 0 Å². The average molecular weight is 304 g/mol. The van der Waals surface area contributed by atoms with Crippen molar-refractivity contribution in [2.45, 2.75) is 45.8 Å². The molecule has 1 saturated heterocycles. The predicted octanol–water partition coefficient (Wildman–Crippen LogP) is 3.49. The maximum absolute atomic E-state index is 11.0. The summed E-state index contributed by atoms with van der Waals surface area (Å²) in [6, 6.07) is 8.33. The van der Waals surface area contributed by atoms with Gasteiger partial charge in [-0.2, -0.15) is 16.9 Å². The maximum Gasteiger partial charge on any atom is 0.0799 e. The van der Waals surface area contributed by atoms with Gasteiger partial charge in [-0.3, -0.25) is 4.68 Å². The van der Waals surface area contributed by atoms with Gasteiger partial charge in [-0.1, -0.05) is 32.0 Å². The summed E-state index contributed by atoms with van der Waals surface area (Å²) in [4.78, 5) is 0. The SMILES string of the molecule is CCn1nc(CC2(O)CSCC(C)(C)C2)c2ccccc21. The van der Waals surface area contributed by atoms with E-state index >= 15 is 0 Å². The Bertz CT molecular complexity index is 649. The summed E-state index contributed by atoms with van der Waals surface area (Å²) in [6.45, 7) is 7.45. The molecule has 1 unspecified atom stereocenters. The van der Waals surface area contributed by atoms with Crippen molar-refractivity contribution in [3.8, 4) is 0 Å². The van der Waals surface area contributed by atoms with E-state index in [4.69, 9.17) is 5.10 Å². The fourth-order valence-electron chi connectivity index (χ4n) is 3.50. The van der Waals surface area contributed by atoms with E-state index < -0.39 is 5.60 Å². The van der Waals surface area contributed by atoms with Crippen molar-refractivity contribution in [1.29, 1.82) is 0 Å². The summed E-state index contributed by atoms with van der Waals surface area (Å²) < 4.78 is 2.04. The third-order valence-corrected chi connectivity index (χ3v) is 5.93. The van der Waals surface area contributed by atoms with Crippen molar-refractivity contribution in [3.63, 3.8) is 0 Å². The molecule has 0 radical (unpaired) electrons. The average Bonchev–Trinajstić information content (AvgIpc) is 2.75. The predicted molar refractivity (Wildman–Crippen MR) is 89.8 cm³/mol. The van der Waals surface area contributed by atoms with Gasteiger partial charge in [0.25, 0.3) is 0 Å². The molecule has 114 valence electrons. The molecule has 0 spiro atoms. The van der Waals surface area contributed by atoms with Gasteiger partial charge in [0.15, 0.2) is 0 Å². The van der Waals surface area contributed by atoms with Crippen LogP contribution < -0.4 is 0 Å². The smallest absolute Gasteiger partial charge is 0.0799 e. The first kappa shape index (κ1) is 14.9. The minimum Gasteiger partial charge on any atom is -0.389 e. The fraction of sp³-hybridized carbons (Fsp3) is 0.588. The van der Waals surface area contributed by atoms with Crippen molar-refractivity contribution in [3.05, 3.63) is 30.0 Å². The van der Waals surface area contributed by atoms with Crippen LogP contribution in [0, 0.1) is 5.41 Å². The molecule has 0 bridgehead atoms. The molecule has 1 N–H and O–H groups in total. The molecule has 0 saturated carbocycles. The molecule has 1 aliphatic heterocycles. The van der Waals surface area contributed by atoms with Gasteiger partial charge in [0, 0.05) is 24.1 Å². The zero-order valence-electron chi connectivity index (χ0n) is 13.1. The number of rotatable bonds is 3. The second kappa shape index (κ2) is 5.33. The summed E-state index contributed by atoms with van der Waals surface area (Å²) in [6.07, 6.45) is 1.50. The second-order valence-electron chi connectivity index (χ2n) is 7.01. The van der Waals surface area contributed by atoms with Crippen molar-refractivity contribution >= 4 is 22.7 Å². The Morgan fingerprint density at radius 1 is 1.29 bits per heavy atom. The molecule has 2 heterocycles. The first-order valence-corrected chi connectivity index (χ1v) is 8.82. The number of nitrogens with zero attached hydrogens (tertiary/aromatic N) is 2. The van der Waals surface area contributed by atoms with E-state index in [1.807, 2.05) is 22.5 Å². The lowest BCUT2D eigenvalue weighted by atomic mass is 9.79. The Morgan fingerprint density at radius 2 is 2.05 bits per heavy atom. The Hall–Kier alpha value is -1.00. The summed E-state index contributed by atoms with van der Waals surface area (Å²) in [5.41, 5.74) is 1.76. The molecule has 1 aromatic carbocycles. The molecule has 2 aromatic rings. The normalized spacial score (nSPS) is 25.3. The molecular formula is C17H24N2OS. The third kappa shape index (κ3) is 2.97. The van der Waals surface area contributed by atoms with Crippen molar-refractivity contribution in [2.75, 3.05) is 11.5 Å². The molecule has 3 rings (SSSR count). The number of hydrogen-bond donors (Lipinski definition) is 1. The number of aliphatic hydroxyl groups is 1. The Balaban J connectivity index is 1.94.